The summed E-state index contributed by atoms with van der Waals surface area (Å²) in [5, 5.41) is 11.8. The topological polar surface area (TPSA) is 75.6 Å². The van der Waals surface area contributed by atoms with E-state index in [1.807, 2.05) is 0 Å². The van der Waals surface area contributed by atoms with Crippen LogP contribution >= 0.6 is 7.52 Å². The Morgan fingerprint density at radius 1 is 1.47 bits per heavy atom. The van der Waals surface area contributed by atoms with Crippen LogP contribution in [-0.2, 0) is 13.9 Å². The fourth-order valence-electron chi connectivity index (χ4n) is 1.30. The van der Waals surface area contributed by atoms with Crippen molar-refractivity contribution >= 4 is 18.8 Å². The second-order valence-electron chi connectivity index (χ2n) is 3.49. The fourth-order valence-corrected chi connectivity index (χ4v) is 3.22. The monoisotopic (exact) mass is 257 g/mol. The lowest BCUT2D eigenvalue weighted by atomic mass is 10.4. The Morgan fingerprint density at radius 3 is 2.53 bits per heavy atom. The molecule has 1 aromatic rings. The summed E-state index contributed by atoms with van der Waals surface area (Å²) in [5.74, 6) is -1.07. The average molecular weight is 257 g/mol. The summed E-state index contributed by atoms with van der Waals surface area (Å²) >= 11 is 0. The van der Waals surface area contributed by atoms with E-state index in [1.165, 1.54) is 6.92 Å². The minimum absolute atomic E-state index is 0.242. The number of carbonyl (C=O) groups is 1. The van der Waals surface area contributed by atoms with Crippen LogP contribution in [-0.4, -0.2) is 23.7 Å². The first-order valence-corrected chi connectivity index (χ1v) is 6.93. The predicted octanol–water partition coefficient (Wildman–Crippen LogP) is 1.60. The molecule has 0 aliphatic carbocycles. The summed E-state index contributed by atoms with van der Waals surface area (Å²) in [6.07, 6.45) is 0. The Morgan fingerprint density at radius 2 is 2.06 bits per heavy atom. The fraction of sp³-hybridized carbons (Fsp3) is 0.364. The Kier molecular flexibility index (Phi) is 4.87. The van der Waals surface area contributed by atoms with E-state index in [0.717, 1.165) is 0 Å². The number of hydrogen-bond acceptors (Lipinski definition) is 3. The highest BCUT2D eigenvalue weighted by Crippen LogP contribution is 2.41. The van der Waals surface area contributed by atoms with Crippen LogP contribution in [0.3, 0.4) is 0 Å². The van der Waals surface area contributed by atoms with Gasteiger partial charge in [0.25, 0.3) is 7.52 Å². The number of rotatable bonds is 6. The molecule has 0 fully saturated rings. The Labute approximate surface area is 100 Å². The molecule has 0 amide bonds. The first kappa shape index (κ1) is 13.9. The summed E-state index contributed by atoms with van der Waals surface area (Å²) in [5.41, 5.74) is 0. The van der Waals surface area contributed by atoms with Gasteiger partial charge in [-0.25, -0.2) is 5.09 Å². The normalized spacial score (nSPS) is 16.1. The summed E-state index contributed by atoms with van der Waals surface area (Å²) in [4.78, 5) is 10.8. The molecule has 5 nitrogen and oxygen atoms in total. The zero-order chi connectivity index (χ0) is 12.9. The third kappa shape index (κ3) is 3.66. The van der Waals surface area contributed by atoms with Gasteiger partial charge in [0, 0.05) is 0 Å². The van der Waals surface area contributed by atoms with E-state index in [2.05, 4.69) is 5.09 Å². The van der Waals surface area contributed by atoms with Crippen LogP contribution in [0.1, 0.15) is 13.8 Å². The summed E-state index contributed by atoms with van der Waals surface area (Å²) in [6, 6.07) is 7.62. The predicted molar refractivity (Wildman–Crippen MR) is 65.5 cm³/mol. The molecule has 0 aromatic heterocycles. The van der Waals surface area contributed by atoms with Crippen LogP contribution < -0.4 is 10.4 Å². The van der Waals surface area contributed by atoms with Gasteiger partial charge in [0.2, 0.25) is 0 Å². The SMILES string of the molecule is CCOP(=O)(N[C@@H](C)C(=O)O)c1ccccc1. The summed E-state index contributed by atoms with van der Waals surface area (Å²) in [6.45, 7) is 3.38. The van der Waals surface area contributed by atoms with Crippen LogP contribution in [0.5, 0.6) is 0 Å². The van der Waals surface area contributed by atoms with Crippen LogP contribution in [0.15, 0.2) is 30.3 Å². The van der Waals surface area contributed by atoms with Gasteiger partial charge in [0.05, 0.1) is 11.9 Å². The van der Waals surface area contributed by atoms with Crippen molar-refractivity contribution in [2.75, 3.05) is 6.61 Å². The maximum atomic E-state index is 12.5. The van der Waals surface area contributed by atoms with Crippen molar-refractivity contribution in [3.63, 3.8) is 0 Å². The summed E-state index contributed by atoms with van der Waals surface area (Å²) in [7, 11) is -3.31. The van der Waals surface area contributed by atoms with E-state index in [1.54, 1.807) is 37.3 Å². The van der Waals surface area contributed by atoms with Gasteiger partial charge in [-0.3, -0.25) is 9.36 Å². The Balaban J connectivity index is 2.98. The van der Waals surface area contributed by atoms with Gasteiger partial charge in [-0.15, -0.1) is 0 Å². The van der Waals surface area contributed by atoms with Gasteiger partial charge >= 0.3 is 5.97 Å². The molecule has 0 heterocycles. The van der Waals surface area contributed by atoms with Crippen LogP contribution in [0.2, 0.25) is 0 Å². The van der Waals surface area contributed by atoms with E-state index < -0.39 is 19.5 Å². The number of hydrogen-bond donors (Lipinski definition) is 2. The second-order valence-corrected chi connectivity index (χ2v) is 5.63. The molecule has 2 atom stereocenters. The Bertz CT molecular complexity index is 421. The highest BCUT2D eigenvalue weighted by atomic mass is 31.2. The van der Waals surface area contributed by atoms with Crippen LogP contribution in [0.4, 0.5) is 0 Å². The first-order chi connectivity index (χ1) is 7.99. The minimum atomic E-state index is -3.31. The lowest BCUT2D eigenvalue weighted by Crippen LogP contribution is -2.35. The molecule has 1 aromatic carbocycles. The Hall–Kier alpha value is -1.16. The van der Waals surface area contributed by atoms with Gasteiger partial charge in [-0.2, -0.15) is 0 Å². The third-order valence-corrected chi connectivity index (χ3v) is 4.47. The van der Waals surface area contributed by atoms with E-state index in [9.17, 15) is 9.36 Å². The molecule has 0 radical (unpaired) electrons. The first-order valence-electron chi connectivity index (χ1n) is 5.30. The highest BCUT2D eigenvalue weighted by Gasteiger charge is 2.29. The molecule has 94 valence electrons. The molecule has 0 aliphatic heterocycles. The van der Waals surface area contributed by atoms with E-state index in [4.69, 9.17) is 9.63 Å². The van der Waals surface area contributed by atoms with Crippen molar-refractivity contribution in [3.05, 3.63) is 30.3 Å². The van der Waals surface area contributed by atoms with Crippen molar-refractivity contribution < 1.29 is 19.0 Å². The third-order valence-electron chi connectivity index (χ3n) is 2.14. The molecule has 0 saturated carbocycles. The van der Waals surface area contributed by atoms with Gasteiger partial charge in [-0.1, -0.05) is 18.2 Å². The zero-order valence-corrected chi connectivity index (χ0v) is 10.7. The summed E-state index contributed by atoms with van der Waals surface area (Å²) < 4.78 is 17.8. The van der Waals surface area contributed by atoms with Gasteiger partial charge in [0.1, 0.15) is 6.04 Å². The molecule has 17 heavy (non-hydrogen) atoms. The van der Waals surface area contributed by atoms with Crippen molar-refractivity contribution in [2.24, 2.45) is 0 Å². The molecule has 6 heteroatoms. The van der Waals surface area contributed by atoms with Crippen molar-refractivity contribution in [1.82, 2.24) is 5.09 Å². The van der Waals surface area contributed by atoms with Gasteiger partial charge in [-0.05, 0) is 26.0 Å². The molecule has 0 saturated heterocycles. The average Bonchev–Trinajstić information content (AvgIpc) is 2.30. The van der Waals surface area contributed by atoms with Crippen LogP contribution in [0, 0.1) is 0 Å². The number of carboxylic acids is 1. The highest BCUT2D eigenvalue weighted by molar-refractivity contribution is 7.65. The molecule has 0 aliphatic rings. The molecular formula is C11H16NO4P. The number of benzene rings is 1. The van der Waals surface area contributed by atoms with Crippen LogP contribution in [0.25, 0.3) is 0 Å². The van der Waals surface area contributed by atoms with Gasteiger partial charge < -0.3 is 9.63 Å². The smallest absolute Gasteiger partial charge is 0.320 e. The maximum Gasteiger partial charge on any atom is 0.320 e. The molecule has 1 unspecified atom stereocenters. The van der Waals surface area contributed by atoms with Crippen molar-refractivity contribution in [3.8, 4) is 0 Å². The minimum Gasteiger partial charge on any atom is -0.480 e. The van der Waals surface area contributed by atoms with E-state index in [0.29, 0.717) is 5.30 Å². The molecule has 1 rings (SSSR count). The lowest BCUT2D eigenvalue weighted by Gasteiger charge is -2.21. The largest absolute Gasteiger partial charge is 0.480 e. The molecular weight excluding hydrogens is 241 g/mol. The lowest BCUT2D eigenvalue weighted by molar-refractivity contribution is -0.138. The molecule has 0 bridgehead atoms. The quantitative estimate of drug-likeness (QED) is 0.757. The molecule has 2 N–H and O–H groups in total. The van der Waals surface area contributed by atoms with E-state index in [-0.39, 0.29) is 6.61 Å². The standard InChI is InChI=1S/C11H16NO4P/c1-3-16-17(15,12-9(2)11(13)14)10-7-5-4-6-8-10/h4-9H,3H2,1-2H3,(H,12,15)(H,13,14)/t9-,17?/m0/s1. The van der Waals surface area contributed by atoms with E-state index >= 15 is 0 Å². The maximum absolute atomic E-state index is 12.5. The zero-order valence-electron chi connectivity index (χ0n) is 9.79. The molecule has 0 spiro atoms. The van der Waals surface area contributed by atoms with Crippen molar-refractivity contribution in [2.45, 2.75) is 19.9 Å². The number of nitrogens with one attached hydrogen (secondary N) is 1. The number of aliphatic carboxylic acids is 1. The second kappa shape index (κ2) is 5.96. The number of carboxylic acid groups (broad SMARTS) is 1. The van der Waals surface area contributed by atoms with Gasteiger partial charge in [0.15, 0.2) is 0 Å². The van der Waals surface area contributed by atoms with Crippen molar-refractivity contribution in [1.29, 1.82) is 0 Å².